The number of hydrogen-bond donors (Lipinski definition) is 1. The minimum Gasteiger partial charge on any atom is -0.396 e. The van der Waals surface area contributed by atoms with E-state index < -0.39 is 5.82 Å². The molecule has 0 saturated carbocycles. The Bertz CT molecular complexity index is 307. The standard InChI is InChI=1S/C7H4ClFN2/c8-5-1-4(3-10)2-6(11)7(5)9/h1-2H,11H2. The normalized spacial score (nSPS) is 9.18. The van der Waals surface area contributed by atoms with Crippen molar-refractivity contribution in [1.29, 1.82) is 5.26 Å². The summed E-state index contributed by atoms with van der Waals surface area (Å²) >= 11 is 5.39. The van der Waals surface area contributed by atoms with Gasteiger partial charge in [-0.15, -0.1) is 0 Å². The van der Waals surface area contributed by atoms with E-state index in [0.29, 0.717) is 0 Å². The Morgan fingerprint density at radius 1 is 1.55 bits per heavy atom. The van der Waals surface area contributed by atoms with Crippen LogP contribution < -0.4 is 5.73 Å². The second kappa shape index (κ2) is 2.77. The highest BCUT2D eigenvalue weighted by molar-refractivity contribution is 6.31. The lowest BCUT2D eigenvalue weighted by Crippen LogP contribution is -1.92. The van der Waals surface area contributed by atoms with Crippen molar-refractivity contribution in [1.82, 2.24) is 0 Å². The number of rotatable bonds is 0. The van der Waals surface area contributed by atoms with Crippen LogP contribution in [0.5, 0.6) is 0 Å². The Morgan fingerprint density at radius 2 is 2.18 bits per heavy atom. The van der Waals surface area contributed by atoms with Crippen LogP contribution in [0.25, 0.3) is 0 Å². The molecule has 11 heavy (non-hydrogen) atoms. The molecule has 0 aliphatic rings. The van der Waals surface area contributed by atoms with Crippen LogP contribution in [-0.2, 0) is 0 Å². The monoisotopic (exact) mass is 170 g/mol. The van der Waals surface area contributed by atoms with Crippen molar-refractivity contribution in [3.63, 3.8) is 0 Å². The molecule has 0 heterocycles. The molecule has 0 atom stereocenters. The van der Waals surface area contributed by atoms with E-state index in [-0.39, 0.29) is 16.3 Å². The lowest BCUT2D eigenvalue weighted by Gasteiger charge is -1.98. The van der Waals surface area contributed by atoms with Gasteiger partial charge >= 0.3 is 0 Å². The molecule has 0 aliphatic carbocycles. The lowest BCUT2D eigenvalue weighted by atomic mass is 10.2. The average Bonchev–Trinajstić information content (AvgIpc) is 1.99. The highest BCUT2D eigenvalue weighted by atomic mass is 35.5. The first-order valence-corrected chi connectivity index (χ1v) is 3.17. The van der Waals surface area contributed by atoms with Gasteiger partial charge in [-0.2, -0.15) is 5.26 Å². The van der Waals surface area contributed by atoms with Crippen molar-refractivity contribution in [3.05, 3.63) is 28.5 Å². The van der Waals surface area contributed by atoms with E-state index in [2.05, 4.69) is 0 Å². The topological polar surface area (TPSA) is 49.8 Å². The number of benzene rings is 1. The molecule has 4 heteroatoms. The largest absolute Gasteiger partial charge is 0.396 e. The van der Waals surface area contributed by atoms with Gasteiger partial charge in [0.1, 0.15) is 0 Å². The number of anilines is 1. The number of nitrogen functional groups attached to an aromatic ring is 1. The highest BCUT2D eigenvalue weighted by Gasteiger charge is 2.05. The minimum atomic E-state index is -0.675. The zero-order chi connectivity index (χ0) is 8.43. The molecular weight excluding hydrogens is 167 g/mol. The fourth-order valence-corrected chi connectivity index (χ4v) is 0.902. The smallest absolute Gasteiger partial charge is 0.164 e. The van der Waals surface area contributed by atoms with Gasteiger partial charge in [-0.1, -0.05) is 11.6 Å². The summed E-state index contributed by atoms with van der Waals surface area (Å²) in [4.78, 5) is 0. The molecule has 0 bridgehead atoms. The van der Waals surface area contributed by atoms with Crippen molar-refractivity contribution in [2.45, 2.75) is 0 Å². The van der Waals surface area contributed by atoms with Gasteiger partial charge in [0.2, 0.25) is 0 Å². The second-order valence-electron chi connectivity index (χ2n) is 1.97. The molecule has 1 rings (SSSR count). The van der Waals surface area contributed by atoms with Crippen LogP contribution in [0.2, 0.25) is 5.02 Å². The molecule has 2 N–H and O–H groups in total. The predicted octanol–water partition coefficient (Wildman–Crippen LogP) is 1.93. The van der Waals surface area contributed by atoms with E-state index in [4.69, 9.17) is 22.6 Å². The molecule has 0 aromatic heterocycles. The molecule has 0 spiro atoms. The van der Waals surface area contributed by atoms with E-state index in [1.165, 1.54) is 12.1 Å². The minimum absolute atomic E-state index is 0.103. The van der Waals surface area contributed by atoms with Gasteiger partial charge in [-0.05, 0) is 12.1 Å². The molecular formula is C7H4ClFN2. The van der Waals surface area contributed by atoms with Crippen LogP contribution in [0.15, 0.2) is 12.1 Å². The van der Waals surface area contributed by atoms with Crippen LogP contribution in [-0.4, -0.2) is 0 Å². The summed E-state index contributed by atoms with van der Waals surface area (Å²) in [5.74, 6) is -0.675. The molecule has 0 saturated heterocycles. The maximum atomic E-state index is 12.7. The van der Waals surface area contributed by atoms with E-state index in [0.717, 1.165) is 0 Å². The third-order valence-electron chi connectivity index (χ3n) is 1.19. The number of hydrogen-bond acceptors (Lipinski definition) is 2. The summed E-state index contributed by atoms with van der Waals surface area (Å²) in [7, 11) is 0. The summed E-state index contributed by atoms with van der Waals surface area (Å²) in [6, 6.07) is 4.27. The van der Waals surface area contributed by atoms with Crippen molar-refractivity contribution in [2.24, 2.45) is 0 Å². The number of nitrogens with zero attached hydrogens (tertiary/aromatic N) is 1. The SMILES string of the molecule is N#Cc1cc(N)c(F)c(Cl)c1. The Balaban J connectivity index is 3.35. The van der Waals surface area contributed by atoms with Gasteiger partial charge in [0.15, 0.2) is 5.82 Å². The molecule has 1 aromatic carbocycles. The van der Waals surface area contributed by atoms with E-state index >= 15 is 0 Å². The van der Waals surface area contributed by atoms with E-state index in [1.807, 2.05) is 0 Å². The first-order valence-electron chi connectivity index (χ1n) is 2.79. The summed E-state index contributed by atoms with van der Waals surface area (Å²) < 4.78 is 12.7. The summed E-state index contributed by atoms with van der Waals surface area (Å²) in [5, 5.41) is 8.27. The van der Waals surface area contributed by atoms with Gasteiger partial charge in [0, 0.05) is 0 Å². The lowest BCUT2D eigenvalue weighted by molar-refractivity contribution is 0.633. The quantitative estimate of drug-likeness (QED) is 0.605. The Labute approximate surface area is 68.0 Å². The Kier molecular flexibility index (Phi) is 1.97. The third-order valence-corrected chi connectivity index (χ3v) is 1.46. The first-order chi connectivity index (χ1) is 5.15. The third kappa shape index (κ3) is 1.41. The average molecular weight is 171 g/mol. The molecule has 56 valence electrons. The van der Waals surface area contributed by atoms with Gasteiger partial charge in [-0.25, -0.2) is 4.39 Å². The number of nitrogens with two attached hydrogens (primary N) is 1. The zero-order valence-electron chi connectivity index (χ0n) is 5.44. The summed E-state index contributed by atoms with van der Waals surface area (Å²) in [6.07, 6.45) is 0. The van der Waals surface area contributed by atoms with Gasteiger partial charge in [-0.3, -0.25) is 0 Å². The molecule has 0 aliphatic heterocycles. The molecule has 0 fully saturated rings. The maximum Gasteiger partial charge on any atom is 0.164 e. The Morgan fingerprint density at radius 3 is 2.64 bits per heavy atom. The Hall–Kier alpha value is -1.27. The van der Waals surface area contributed by atoms with Crippen molar-refractivity contribution >= 4 is 17.3 Å². The van der Waals surface area contributed by atoms with Gasteiger partial charge in [0.25, 0.3) is 0 Å². The van der Waals surface area contributed by atoms with Crippen molar-refractivity contribution < 1.29 is 4.39 Å². The first kappa shape index (κ1) is 7.83. The second-order valence-corrected chi connectivity index (χ2v) is 2.38. The van der Waals surface area contributed by atoms with Crippen LogP contribution in [0.4, 0.5) is 10.1 Å². The van der Waals surface area contributed by atoms with Crippen LogP contribution in [0.3, 0.4) is 0 Å². The fraction of sp³-hybridized carbons (Fsp3) is 0. The molecule has 1 aromatic rings. The zero-order valence-corrected chi connectivity index (χ0v) is 6.19. The molecule has 0 unspecified atom stereocenters. The molecule has 2 nitrogen and oxygen atoms in total. The number of nitriles is 1. The van der Waals surface area contributed by atoms with Crippen LogP contribution in [0, 0.1) is 17.1 Å². The summed E-state index contributed by atoms with van der Waals surface area (Å²) in [6.45, 7) is 0. The van der Waals surface area contributed by atoms with Crippen LogP contribution >= 0.6 is 11.6 Å². The van der Waals surface area contributed by atoms with Crippen molar-refractivity contribution in [2.75, 3.05) is 5.73 Å². The van der Waals surface area contributed by atoms with Gasteiger partial charge in [0.05, 0.1) is 22.3 Å². The van der Waals surface area contributed by atoms with Crippen LogP contribution in [0.1, 0.15) is 5.56 Å². The van der Waals surface area contributed by atoms with Crippen molar-refractivity contribution in [3.8, 4) is 6.07 Å². The highest BCUT2D eigenvalue weighted by Crippen LogP contribution is 2.21. The fourth-order valence-electron chi connectivity index (χ4n) is 0.675. The number of halogens is 2. The van der Waals surface area contributed by atoms with Gasteiger partial charge < -0.3 is 5.73 Å². The maximum absolute atomic E-state index is 12.7. The molecule has 0 radical (unpaired) electrons. The summed E-state index contributed by atoms with van der Waals surface area (Å²) in [5.41, 5.74) is 5.34. The predicted molar refractivity (Wildman–Crippen MR) is 40.5 cm³/mol. The van der Waals surface area contributed by atoms with E-state index in [9.17, 15) is 4.39 Å². The molecule has 0 amide bonds. The van der Waals surface area contributed by atoms with E-state index in [1.54, 1.807) is 6.07 Å².